The minimum absolute atomic E-state index is 0.433. The minimum Gasteiger partial charge on any atom is -0.494 e. The summed E-state index contributed by atoms with van der Waals surface area (Å²) in [5, 5.41) is 1.15. The number of rotatable bonds is 4. The Labute approximate surface area is 161 Å². The zero-order valence-corrected chi connectivity index (χ0v) is 16.6. The first-order valence-electron chi connectivity index (χ1n) is 9.80. The Morgan fingerprint density at radius 3 is 2.89 bits per heavy atom. The van der Waals surface area contributed by atoms with E-state index in [-0.39, 0.29) is 0 Å². The van der Waals surface area contributed by atoms with Crippen LogP contribution in [0.3, 0.4) is 0 Å². The molecule has 0 saturated carbocycles. The number of aryl methyl sites for hydroxylation is 1. The molecule has 3 heterocycles. The molecule has 0 amide bonds. The average molecular weight is 364 g/mol. The maximum Gasteiger partial charge on any atom is 0.145 e. The molecule has 1 aliphatic heterocycles. The molecule has 5 heteroatoms. The van der Waals surface area contributed by atoms with Crippen LogP contribution in [0.2, 0.25) is 0 Å². The van der Waals surface area contributed by atoms with E-state index in [9.17, 15) is 0 Å². The number of hydrogen-bond acceptors (Lipinski definition) is 4. The maximum atomic E-state index is 5.55. The third kappa shape index (κ3) is 3.27. The molecule has 27 heavy (non-hydrogen) atoms. The number of methoxy groups -OCH3 is 1. The van der Waals surface area contributed by atoms with Gasteiger partial charge in [0.15, 0.2) is 0 Å². The summed E-state index contributed by atoms with van der Waals surface area (Å²) >= 11 is 0. The van der Waals surface area contributed by atoms with Gasteiger partial charge in [0.1, 0.15) is 22.9 Å². The first kappa shape index (κ1) is 17.8. The van der Waals surface area contributed by atoms with E-state index in [0.29, 0.717) is 12.0 Å². The summed E-state index contributed by atoms with van der Waals surface area (Å²) in [6.45, 7) is 8.57. The highest BCUT2D eigenvalue weighted by atomic mass is 16.5. The van der Waals surface area contributed by atoms with Crippen LogP contribution >= 0.6 is 0 Å². The monoisotopic (exact) mass is 364 g/mol. The molecule has 1 fully saturated rings. The van der Waals surface area contributed by atoms with Crippen molar-refractivity contribution in [3.63, 3.8) is 0 Å². The number of hydrogen-bond donors (Lipinski definition) is 0. The van der Waals surface area contributed by atoms with Gasteiger partial charge in [-0.15, -0.1) is 0 Å². The lowest BCUT2D eigenvalue weighted by molar-refractivity contribution is 0.418. The van der Waals surface area contributed by atoms with Crippen LogP contribution in [0.5, 0.6) is 5.75 Å². The molecule has 1 saturated heterocycles. The third-order valence-electron chi connectivity index (χ3n) is 5.58. The topological polar surface area (TPSA) is 43.2 Å². The molecule has 1 aromatic carbocycles. The van der Waals surface area contributed by atoms with Crippen LogP contribution in [0, 0.1) is 6.92 Å². The van der Waals surface area contributed by atoms with Crippen molar-refractivity contribution in [1.82, 2.24) is 14.5 Å². The number of nitrogens with zero attached hydrogens (tertiary/aromatic N) is 4. The molecular formula is C22H28N4O. The fourth-order valence-electron chi connectivity index (χ4n) is 4.17. The fraction of sp³-hybridized carbons (Fsp3) is 0.455. The number of pyridine rings is 1. The van der Waals surface area contributed by atoms with Crippen molar-refractivity contribution in [3.05, 3.63) is 48.0 Å². The average Bonchev–Trinajstić information content (AvgIpc) is 3.18. The fourth-order valence-corrected chi connectivity index (χ4v) is 4.17. The zero-order chi connectivity index (χ0) is 19.0. The quantitative estimate of drug-likeness (QED) is 0.672. The summed E-state index contributed by atoms with van der Waals surface area (Å²) < 4.78 is 7.85. The van der Waals surface area contributed by atoms with Gasteiger partial charge >= 0.3 is 0 Å². The lowest BCUT2D eigenvalue weighted by Gasteiger charge is -2.34. The Balaban J connectivity index is 1.68. The molecule has 0 aliphatic carbocycles. The first-order valence-corrected chi connectivity index (χ1v) is 9.80. The predicted molar refractivity (Wildman–Crippen MR) is 110 cm³/mol. The van der Waals surface area contributed by atoms with Gasteiger partial charge in [-0.1, -0.05) is 12.1 Å². The molecule has 2 aromatic heterocycles. The molecule has 0 unspecified atom stereocenters. The lowest BCUT2D eigenvalue weighted by Crippen LogP contribution is -2.36. The Morgan fingerprint density at radius 1 is 1.26 bits per heavy atom. The van der Waals surface area contributed by atoms with Crippen LogP contribution < -0.4 is 9.64 Å². The van der Waals surface area contributed by atoms with Crippen LogP contribution in [-0.4, -0.2) is 34.7 Å². The number of aromatic nitrogens is 3. The summed E-state index contributed by atoms with van der Waals surface area (Å²) in [6.07, 6.45) is 6.36. The summed E-state index contributed by atoms with van der Waals surface area (Å²) in [7, 11) is 1.71. The third-order valence-corrected chi connectivity index (χ3v) is 5.58. The highest BCUT2D eigenvalue weighted by molar-refractivity contribution is 5.88. The van der Waals surface area contributed by atoms with Gasteiger partial charge in [-0.2, -0.15) is 0 Å². The maximum absolute atomic E-state index is 5.55. The van der Waals surface area contributed by atoms with Gasteiger partial charge in [-0.05, 0) is 51.3 Å². The summed E-state index contributed by atoms with van der Waals surface area (Å²) in [5.41, 5.74) is 2.18. The highest BCUT2D eigenvalue weighted by Crippen LogP contribution is 2.33. The smallest absolute Gasteiger partial charge is 0.145 e. The van der Waals surface area contributed by atoms with E-state index in [4.69, 9.17) is 9.72 Å². The van der Waals surface area contributed by atoms with Gasteiger partial charge in [0.25, 0.3) is 0 Å². The van der Waals surface area contributed by atoms with Gasteiger partial charge in [0.2, 0.25) is 0 Å². The van der Waals surface area contributed by atoms with Crippen LogP contribution in [0.25, 0.3) is 10.9 Å². The van der Waals surface area contributed by atoms with Gasteiger partial charge < -0.3 is 14.2 Å². The van der Waals surface area contributed by atoms with Gasteiger partial charge in [-0.3, -0.25) is 0 Å². The summed E-state index contributed by atoms with van der Waals surface area (Å²) in [5.74, 6) is 3.51. The van der Waals surface area contributed by atoms with E-state index in [1.807, 2.05) is 18.3 Å². The van der Waals surface area contributed by atoms with E-state index in [2.05, 4.69) is 53.6 Å². The molecule has 1 aliphatic rings. The summed E-state index contributed by atoms with van der Waals surface area (Å²) in [4.78, 5) is 12.1. The van der Waals surface area contributed by atoms with Crippen LogP contribution in [-0.2, 0) is 0 Å². The molecule has 1 atom stereocenters. The van der Waals surface area contributed by atoms with Crippen LogP contribution in [0.15, 0.2) is 36.7 Å². The Kier molecular flexibility index (Phi) is 4.77. The molecule has 0 spiro atoms. The first-order chi connectivity index (χ1) is 13.1. The van der Waals surface area contributed by atoms with Crippen molar-refractivity contribution in [1.29, 1.82) is 0 Å². The van der Waals surface area contributed by atoms with Crippen molar-refractivity contribution in [2.24, 2.45) is 0 Å². The van der Waals surface area contributed by atoms with Crippen molar-refractivity contribution in [2.45, 2.75) is 45.6 Å². The van der Waals surface area contributed by atoms with Gasteiger partial charge in [-0.25, -0.2) is 9.97 Å². The van der Waals surface area contributed by atoms with E-state index < -0.39 is 0 Å². The van der Waals surface area contributed by atoms with E-state index >= 15 is 0 Å². The molecule has 0 bridgehead atoms. The van der Waals surface area contributed by atoms with E-state index in [0.717, 1.165) is 42.0 Å². The van der Waals surface area contributed by atoms with Crippen molar-refractivity contribution < 1.29 is 4.74 Å². The van der Waals surface area contributed by atoms with Crippen molar-refractivity contribution in [2.75, 3.05) is 25.1 Å². The lowest BCUT2D eigenvalue weighted by atomic mass is 9.96. The number of fused-ring (bicyclic) bond motifs is 1. The molecule has 142 valence electrons. The number of piperidine rings is 1. The number of ether oxygens (including phenoxy) is 1. The van der Waals surface area contributed by atoms with Gasteiger partial charge in [0.05, 0.1) is 7.11 Å². The van der Waals surface area contributed by atoms with Gasteiger partial charge in [0, 0.05) is 42.8 Å². The number of benzene rings is 1. The highest BCUT2D eigenvalue weighted by Gasteiger charge is 2.26. The molecule has 0 N–H and O–H groups in total. The second-order valence-corrected chi connectivity index (χ2v) is 7.73. The van der Waals surface area contributed by atoms with E-state index in [1.165, 1.54) is 17.8 Å². The Hall–Kier alpha value is -2.56. The number of imidazole rings is 1. The van der Waals surface area contributed by atoms with Crippen LogP contribution in [0.4, 0.5) is 5.82 Å². The largest absolute Gasteiger partial charge is 0.494 e. The second kappa shape index (κ2) is 7.22. The zero-order valence-electron chi connectivity index (χ0n) is 16.6. The number of anilines is 1. The predicted octanol–water partition coefficient (Wildman–Crippen LogP) is 4.71. The van der Waals surface area contributed by atoms with E-state index in [1.54, 1.807) is 7.11 Å². The molecule has 3 aromatic rings. The summed E-state index contributed by atoms with van der Waals surface area (Å²) in [6, 6.07) is 8.76. The Morgan fingerprint density at radius 2 is 2.11 bits per heavy atom. The normalized spacial score (nSPS) is 17.7. The van der Waals surface area contributed by atoms with Crippen molar-refractivity contribution in [3.8, 4) is 5.75 Å². The molecule has 5 nitrogen and oxygen atoms in total. The van der Waals surface area contributed by atoms with Crippen molar-refractivity contribution >= 4 is 16.7 Å². The number of para-hydroxylation sites is 1. The molecular weight excluding hydrogens is 336 g/mol. The minimum atomic E-state index is 0.433. The standard InChI is InChI=1S/C22H28N4O/c1-15(2)26-12-10-23-22(26)17-7-6-11-25(14-17)20-13-16(3)18-8-5-9-19(27-4)21(18)24-20/h5,8-10,12-13,15,17H,6-7,11,14H2,1-4H3/t17-/m0/s1. The Bertz CT molecular complexity index is 947. The SMILES string of the molecule is COc1cccc2c(C)cc(N3CCC[C@H](c4nccn4C(C)C)C3)nc12. The molecule has 0 radical (unpaired) electrons. The second-order valence-electron chi connectivity index (χ2n) is 7.73. The van der Waals surface area contributed by atoms with Crippen LogP contribution in [0.1, 0.15) is 50.0 Å². The molecule has 4 rings (SSSR count).